The lowest BCUT2D eigenvalue weighted by Gasteiger charge is -2.07. The number of carbonyl (C=O) groups is 1. The summed E-state index contributed by atoms with van der Waals surface area (Å²) in [7, 11) is 0. The number of furan rings is 1. The average molecular weight is 274 g/mol. The minimum absolute atomic E-state index is 0.0777. The molecule has 1 unspecified atom stereocenters. The second kappa shape index (κ2) is 5.46. The molecule has 20 heavy (non-hydrogen) atoms. The van der Waals surface area contributed by atoms with E-state index in [4.69, 9.17) is 4.42 Å². The van der Waals surface area contributed by atoms with E-state index in [2.05, 4.69) is 10.6 Å². The van der Waals surface area contributed by atoms with E-state index in [1.807, 2.05) is 12.1 Å². The minimum atomic E-state index is -0.263. The van der Waals surface area contributed by atoms with Gasteiger partial charge in [0.2, 0.25) is 5.91 Å². The SMILES string of the molecule is O=C1CC(NCc2ccc(-c3ccc(F)cc3)o2)CN1. The summed E-state index contributed by atoms with van der Waals surface area (Å²) in [5, 5.41) is 6.04. The molecule has 0 aliphatic carbocycles. The summed E-state index contributed by atoms with van der Waals surface area (Å²) in [6.45, 7) is 1.23. The van der Waals surface area contributed by atoms with Crippen LogP contribution in [-0.4, -0.2) is 18.5 Å². The summed E-state index contributed by atoms with van der Waals surface area (Å²) in [6.07, 6.45) is 0.505. The summed E-state index contributed by atoms with van der Waals surface area (Å²) in [5.41, 5.74) is 0.843. The summed E-state index contributed by atoms with van der Waals surface area (Å²) in [5.74, 6) is 1.32. The van der Waals surface area contributed by atoms with Crippen molar-refractivity contribution in [1.29, 1.82) is 0 Å². The van der Waals surface area contributed by atoms with Gasteiger partial charge in [-0.1, -0.05) is 0 Å². The van der Waals surface area contributed by atoms with Gasteiger partial charge in [-0.3, -0.25) is 4.79 Å². The third-order valence-corrected chi connectivity index (χ3v) is 3.33. The molecular formula is C15H15FN2O2. The smallest absolute Gasteiger partial charge is 0.221 e. The van der Waals surface area contributed by atoms with E-state index in [1.54, 1.807) is 12.1 Å². The predicted molar refractivity (Wildman–Crippen MR) is 72.4 cm³/mol. The maximum absolute atomic E-state index is 12.9. The molecule has 0 bridgehead atoms. The number of hydrogen-bond donors (Lipinski definition) is 2. The molecule has 0 radical (unpaired) electrons. The van der Waals surface area contributed by atoms with Crippen molar-refractivity contribution < 1.29 is 13.6 Å². The Hall–Kier alpha value is -2.14. The summed E-state index contributed by atoms with van der Waals surface area (Å²) in [4.78, 5) is 11.1. The summed E-state index contributed by atoms with van der Waals surface area (Å²) < 4.78 is 18.6. The molecule has 3 rings (SSSR count). The molecule has 0 spiro atoms. The van der Waals surface area contributed by atoms with Crippen molar-refractivity contribution in [2.45, 2.75) is 19.0 Å². The van der Waals surface area contributed by atoms with Crippen LogP contribution in [-0.2, 0) is 11.3 Å². The van der Waals surface area contributed by atoms with E-state index in [0.29, 0.717) is 25.3 Å². The van der Waals surface area contributed by atoms with Crippen LogP contribution < -0.4 is 10.6 Å². The van der Waals surface area contributed by atoms with Crippen LogP contribution >= 0.6 is 0 Å². The zero-order valence-electron chi connectivity index (χ0n) is 10.9. The Balaban J connectivity index is 1.62. The summed E-state index contributed by atoms with van der Waals surface area (Å²) in [6, 6.07) is 10.1. The molecule has 1 saturated heterocycles. The van der Waals surface area contributed by atoms with Gasteiger partial charge in [0.1, 0.15) is 17.3 Å². The first kappa shape index (κ1) is 12.9. The van der Waals surface area contributed by atoms with E-state index < -0.39 is 0 Å². The van der Waals surface area contributed by atoms with E-state index >= 15 is 0 Å². The van der Waals surface area contributed by atoms with Gasteiger partial charge in [-0.2, -0.15) is 0 Å². The third-order valence-electron chi connectivity index (χ3n) is 3.33. The van der Waals surface area contributed by atoms with Gasteiger partial charge in [0.05, 0.1) is 6.54 Å². The summed E-state index contributed by atoms with van der Waals surface area (Å²) >= 11 is 0. The monoisotopic (exact) mass is 274 g/mol. The quantitative estimate of drug-likeness (QED) is 0.897. The van der Waals surface area contributed by atoms with Gasteiger partial charge in [-0.05, 0) is 36.4 Å². The molecule has 1 aromatic heterocycles. The van der Waals surface area contributed by atoms with Crippen LogP contribution in [0.1, 0.15) is 12.2 Å². The van der Waals surface area contributed by atoms with Crippen molar-refractivity contribution in [3.8, 4) is 11.3 Å². The van der Waals surface area contributed by atoms with E-state index in [1.165, 1.54) is 12.1 Å². The molecule has 1 aliphatic rings. The van der Waals surface area contributed by atoms with Crippen LogP contribution in [0.15, 0.2) is 40.8 Å². The van der Waals surface area contributed by atoms with Crippen LogP contribution in [0.5, 0.6) is 0 Å². The second-order valence-electron chi connectivity index (χ2n) is 4.86. The van der Waals surface area contributed by atoms with Gasteiger partial charge in [0.25, 0.3) is 0 Å². The molecule has 2 aromatic rings. The molecule has 2 N–H and O–H groups in total. The first-order chi connectivity index (χ1) is 9.70. The first-order valence-electron chi connectivity index (χ1n) is 6.55. The number of carbonyl (C=O) groups excluding carboxylic acids is 1. The highest BCUT2D eigenvalue weighted by atomic mass is 19.1. The lowest BCUT2D eigenvalue weighted by Crippen LogP contribution is -2.30. The standard InChI is InChI=1S/C15H15FN2O2/c16-11-3-1-10(2-4-11)14-6-5-13(20-14)9-17-12-7-15(19)18-8-12/h1-6,12,17H,7-9H2,(H,18,19). The van der Waals surface area contributed by atoms with Crippen LogP contribution in [0.25, 0.3) is 11.3 Å². The number of nitrogens with one attached hydrogen (secondary N) is 2. The van der Waals surface area contributed by atoms with Crippen molar-refractivity contribution >= 4 is 5.91 Å². The number of amides is 1. The molecule has 2 heterocycles. The Labute approximate surface area is 116 Å². The van der Waals surface area contributed by atoms with E-state index in [9.17, 15) is 9.18 Å². The fourth-order valence-corrected chi connectivity index (χ4v) is 2.24. The topological polar surface area (TPSA) is 54.3 Å². The molecule has 0 saturated carbocycles. The maximum atomic E-state index is 12.9. The van der Waals surface area contributed by atoms with Crippen LogP contribution in [0.2, 0.25) is 0 Å². The molecular weight excluding hydrogens is 259 g/mol. The first-order valence-corrected chi connectivity index (χ1v) is 6.55. The fraction of sp³-hybridized carbons (Fsp3) is 0.267. The number of halogens is 1. The van der Waals surface area contributed by atoms with Gasteiger partial charge >= 0.3 is 0 Å². The lowest BCUT2D eigenvalue weighted by atomic mass is 10.2. The Kier molecular flexibility index (Phi) is 3.52. The Morgan fingerprint density at radius 3 is 2.75 bits per heavy atom. The van der Waals surface area contributed by atoms with Crippen molar-refractivity contribution in [3.63, 3.8) is 0 Å². The molecule has 104 valence electrons. The number of benzene rings is 1. The zero-order chi connectivity index (χ0) is 13.9. The molecule has 1 atom stereocenters. The lowest BCUT2D eigenvalue weighted by molar-refractivity contribution is -0.119. The van der Waals surface area contributed by atoms with Crippen LogP contribution in [0, 0.1) is 5.82 Å². The van der Waals surface area contributed by atoms with Crippen LogP contribution in [0.4, 0.5) is 4.39 Å². The fourth-order valence-electron chi connectivity index (χ4n) is 2.24. The predicted octanol–water partition coefficient (Wildman–Crippen LogP) is 2.06. The molecule has 1 fully saturated rings. The van der Waals surface area contributed by atoms with Crippen molar-refractivity contribution in [2.75, 3.05) is 6.54 Å². The molecule has 1 amide bonds. The highest BCUT2D eigenvalue weighted by molar-refractivity contribution is 5.78. The van der Waals surface area contributed by atoms with Gasteiger partial charge in [-0.15, -0.1) is 0 Å². The second-order valence-corrected chi connectivity index (χ2v) is 4.86. The van der Waals surface area contributed by atoms with E-state index in [0.717, 1.165) is 11.3 Å². The molecule has 1 aliphatic heterocycles. The van der Waals surface area contributed by atoms with Crippen molar-refractivity contribution in [1.82, 2.24) is 10.6 Å². The van der Waals surface area contributed by atoms with E-state index in [-0.39, 0.29) is 17.8 Å². The molecule has 4 nitrogen and oxygen atoms in total. The Bertz CT molecular complexity index is 607. The van der Waals surface area contributed by atoms with Gasteiger partial charge < -0.3 is 15.1 Å². The zero-order valence-corrected chi connectivity index (χ0v) is 10.9. The minimum Gasteiger partial charge on any atom is -0.460 e. The normalized spacial score (nSPS) is 18.2. The molecule has 5 heteroatoms. The largest absolute Gasteiger partial charge is 0.460 e. The highest BCUT2D eigenvalue weighted by Crippen LogP contribution is 2.22. The maximum Gasteiger partial charge on any atom is 0.221 e. The molecule has 1 aromatic carbocycles. The Morgan fingerprint density at radius 1 is 1.25 bits per heavy atom. The van der Waals surface area contributed by atoms with Crippen molar-refractivity contribution in [3.05, 3.63) is 48.0 Å². The van der Waals surface area contributed by atoms with Gasteiger partial charge in [0, 0.05) is 24.6 Å². The highest BCUT2D eigenvalue weighted by Gasteiger charge is 2.20. The van der Waals surface area contributed by atoms with Crippen molar-refractivity contribution in [2.24, 2.45) is 0 Å². The Morgan fingerprint density at radius 2 is 2.05 bits per heavy atom. The van der Waals surface area contributed by atoms with Crippen LogP contribution in [0.3, 0.4) is 0 Å². The third kappa shape index (κ3) is 2.88. The number of rotatable bonds is 4. The number of hydrogen-bond acceptors (Lipinski definition) is 3. The van der Waals surface area contributed by atoms with Gasteiger partial charge in [0.15, 0.2) is 0 Å². The van der Waals surface area contributed by atoms with Gasteiger partial charge in [-0.25, -0.2) is 4.39 Å². The average Bonchev–Trinajstić information content (AvgIpc) is 3.06.